The van der Waals surface area contributed by atoms with E-state index >= 15 is 0 Å². The van der Waals surface area contributed by atoms with Crippen LogP contribution >= 0.6 is 0 Å². The number of rotatable bonds is 11. The number of furan rings is 1. The van der Waals surface area contributed by atoms with E-state index in [0.717, 1.165) is 28.5 Å². The van der Waals surface area contributed by atoms with Gasteiger partial charge in [-0.2, -0.15) is 5.10 Å². The lowest BCUT2D eigenvalue weighted by molar-refractivity contribution is -0.0576. The molecular formula is C29H35N3O4. The summed E-state index contributed by atoms with van der Waals surface area (Å²) in [5, 5.41) is 15.6. The number of aryl methyl sites for hydroxylation is 1. The molecule has 1 atom stereocenters. The van der Waals surface area contributed by atoms with Crippen LogP contribution in [-0.4, -0.2) is 44.6 Å². The van der Waals surface area contributed by atoms with Crippen molar-refractivity contribution in [2.75, 3.05) is 13.2 Å². The molecular weight excluding hydrogens is 454 g/mol. The normalized spacial score (nSPS) is 12.7. The van der Waals surface area contributed by atoms with Crippen molar-refractivity contribution in [2.45, 2.75) is 52.5 Å². The first-order chi connectivity index (χ1) is 17.3. The van der Waals surface area contributed by atoms with E-state index in [1.54, 1.807) is 6.26 Å². The summed E-state index contributed by atoms with van der Waals surface area (Å²) in [6.07, 6.45) is 0.997. The number of hydrogen-bond donors (Lipinski definition) is 1. The zero-order valence-electron chi connectivity index (χ0n) is 21.4. The summed E-state index contributed by atoms with van der Waals surface area (Å²) in [6.45, 7) is 9.61. The number of aromatic nitrogens is 2. The average molecular weight is 490 g/mol. The van der Waals surface area contributed by atoms with Gasteiger partial charge >= 0.3 is 0 Å². The van der Waals surface area contributed by atoms with Gasteiger partial charge in [0.25, 0.3) is 0 Å². The van der Waals surface area contributed by atoms with E-state index in [4.69, 9.17) is 19.0 Å². The lowest BCUT2D eigenvalue weighted by atomic mass is 10.2. The standard InChI is InChI=1S/C29H35N3O4/c1-22-27(20-31(19-26-16-11-17-34-26)18-24(33)21-35-29(2,3)4)28(36-25-14-9-6-10-15-25)32(30-22)23-12-7-5-8-13-23/h5-17,24,33H,18-21H2,1-4H3/t24-/m1/s1. The fourth-order valence-corrected chi connectivity index (χ4v) is 3.90. The Kier molecular flexibility index (Phi) is 8.25. The summed E-state index contributed by atoms with van der Waals surface area (Å²) < 4.78 is 19.7. The van der Waals surface area contributed by atoms with E-state index in [2.05, 4.69) is 4.90 Å². The Hall–Kier alpha value is -3.39. The third-order valence-electron chi connectivity index (χ3n) is 5.61. The molecule has 0 spiro atoms. The molecule has 190 valence electrons. The van der Waals surface area contributed by atoms with Crippen molar-refractivity contribution in [1.29, 1.82) is 0 Å². The monoisotopic (exact) mass is 489 g/mol. The van der Waals surface area contributed by atoms with Crippen molar-refractivity contribution in [3.63, 3.8) is 0 Å². The minimum Gasteiger partial charge on any atom is -0.468 e. The summed E-state index contributed by atoms with van der Waals surface area (Å²) in [6, 6.07) is 23.4. The maximum absolute atomic E-state index is 10.8. The fraction of sp³-hybridized carbons (Fsp3) is 0.345. The van der Waals surface area contributed by atoms with E-state index < -0.39 is 6.10 Å². The Morgan fingerprint density at radius 1 is 0.972 bits per heavy atom. The Morgan fingerprint density at radius 2 is 1.67 bits per heavy atom. The molecule has 0 aliphatic heterocycles. The molecule has 0 aliphatic rings. The molecule has 36 heavy (non-hydrogen) atoms. The highest BCUT2D eigenvalue weighted by molar-refractivity contribution is 5.43. The Morgan fingerprint density at radius 3 is 2.31 bits per heavy atom. The molecule has 0 fully saturated rings. The van der Waals surface area contributed by atoms with Crippen LogP contribution in [0.15, 0.2) is 83.5 Å². The topological polar surface area (TPSA) is 72.9 Å². The molecule has 0 bridgehead atoms. The van der Waals surface area contributed by atoms with Crippen LogP contribution in [0.2, 0.25) is 0 Å². The van der Waals surface area contributed by atoms with Gasteiger partial charge in [0.15, 0.2) is 0 Å². The first-order valence-electron chi connectivity index (χ1n) is 12.2. The molecule has 0 saturated heterocycles. The second-order valence-corrected chi connectivity index (χ2v) is 9.86. The molecule has 4 rings (SSSR count). The summed E-state index contributed by atoms with van der Waals surface area (Å²) in [7, 11) is 0. The SMILES string of the molecule is Cc1nn(-c2ccccc2)c(Oc2ccccc2)c1CN(Cc1ccco1)C[C@@H](O)COC(C)(C)C. The third-order valence-corrected chi connectivity index (χ3v) is 5.61. The number of hydrogen-bond acceptors (Lipinski definition) is 6. The van der Waals surface area contributed by atoms with Gasteiger partial charge in [-0.25, -0.2) is 4.68 Å². The van der Waals surface area contributed by atoms with Gasteiger partial charge in [0, 0.05) is 13.1 Å². The van der Waals surface area contributed by atoms with Crippen LogP contribution in [0.3, 0.4) is 0 Å². The summed E-state index contributed by atoms with van der Waals surface area (Å²) in [5.41, 5.74) is 2.39. The van der Waals surface area contributed by atoms with Gasteiger partial charge in [0.05, 0.1) is 48.1 Å². The summed E-state index contributed by atoms with van der Waals surface area (Å²) >= 11 is 0. The first kappa shape index (κ1) is 25.7. The number of ether oxygens (including phenoxy) is 2. The van der Waals surface area contributed by atoms with E-state index in [0.29, 0.717) is 25.5 Å². The largest absolute Gasteiger partial charge is 0.468 e. The predicted molar refractivity (Wildman–Crippen MR) is 139 cm³/mol. The number of para-hydroxylation sites is 2. The highest BCUT2D eigenvalue weighted by Gasteiger charge is 2.24. The number of nitrogens with zero attached hydrogens (tertiary/aromatic N) is 3. The molecule has 2 heterocycles. The molecule has 2 aromatic carbocycles. The Balaban J connectivity index is 1.65. The van der Waals surface area contributed by atoms with E-state index in [1.807, 2.05) is 105 Å². The summed E-state index contributed by atoms with van der Waals surface area (Å²) in [5.74, 6) is 2.19. The quantitative estimate of drug-likeness (QED) is 0.289. The van der Waals surface area contributed by atoms with Crippen LogP contribution < -0.4 is 4.74 Å². The minimum absolute atomic E-state index is 0.244. The van der Waals surface area contributed by atoms with Crippen LogP contribution in [0.1, 0.15) is 37.8 Å². The molecule has 4 aromatic rings. The number of aliphatic hydroxyl groups excluding tert-OH is 1. The van der Waals surface area contributed by atoms with E-state index in [1.165, 1.54) is 0 Å². The maximum atomic E-state index is 10.8. The number of benzene rings is 2. The molecule has 1 N–H and O–H groups in total. The van der Waals surface area contributed by atoms with Gasteiger partial charge < -0.3 is 19.0 Å². The van der Waals surface area contributed by atoms with Crippen molar-refractivity contribution in [3.8, 4) is 17.3 Å². The highest BCUT2D eigenvalue weighted by atomic mass is 16.5. The Labute approximate surface area is 212 Å². The van der Waals surface area contributed by atoms with Gasteiger partial charge in [-0.15, -0.1) is 0 Å². The van der Waals surface area contributed by atoms with Gasteiger partial charge in [-0.1, -0.05) is 36.4 Å². The van der Waals surface area contributed by atoms with Crippen LogP contribution in [0.5, 0.6) is 11.6 Å². The second-order valence-electron chi connectivity index (χ2n) is 9.86. The predicted octanol–water partition coefficient (Wildman–Crippen LogP) is 5.74. The second kappa shape index (κ2) is 11.6. The fourth-order valence-electron chi connectivity index (χ4n) is 3.90. The van der Waals surface area contributed by atoms with Crippen molar-refractivity contribution >= 4 is 0 Å². The molecule has 0 aliphatic carbocycles. The third kappa shape index (κ3) is 7.07. The van der Waals surface area contributed by atoms with Crippen molar-refractivity contribution in [2.24, 2.45) is 0 Å². The molecule has 7 nitrogen and oxygen atoms in total. The van der Waals surface area contributed by atoms with Gasteiger partial charge in [0.1, 0.15) is 11.5 Å². The van der Waals surface area contributed by atoms with Crippen LogP contribution in [0.25, 0.3) is 5.69 Å². The van der Waals surface area contributed by atoms with Crippen LogP contribution in [0, 0.1) is 6.92 Å². The lowest BCUT2D eigenvalue weighted by Crippen LogP contribution is -2.36. The van der Waals surface area contributed by atoms with Crippen molar-refractivity contribution < 1.29 is 19.0 Å². The van der Waals surface area contributed by atoms with Crippen molar-refractivity contribution in [3.05, 3.63) is 96.1 Å². The Bertz CT molecular complexity index is 1200. The summed E-state index contributed by atoms with van der Waals surface area (Å²) in [4.78, 5) is 2.13. The molecule has 0 unspecified atom stereocenters. The maximum Gasteiger partial charge on any atom is 0.227 e. The van der Waals surface area contributed by atoms with Gasteiger partial charge in [-0.05, 0) is 64.1 Å². The van der Waals surface area contributed by atoms with Crippen LogP contribution in [0.4, 0.5) is 0 Å². The molecule has 7 heteroatoms. The number of aliphatic hydroxyl groups is 1. The molecule has 0 radical (unpaired) electrons. The molecule has 2 aromatic heterocycles. The van der Waals surface area contributed by atoms with Crippen LogP contribution in [-0.2, 0) is 17.8 Å². The highest BCUT2D eigenvalue weighted by Crippen LogP contribution is 2.32. The van der Waals surface area contributed by atoms with Gasteiger partial charge in [-0.3, -0.25) is 4.90 Å². The zero-order chi connectivity index (χ0) is 25.5. The van der Waals surface area contributed by atoms with E-state index in [-0.39, 0.29) is 12.2 Å². The lowest BCUT2D eigenvalue weighted by Gasteiger charge is -2.27. The zero-order valence-corrected chi connectivity index (χ0v) is 21.4. The average Bonchev–Trinajstić information content (AvgIpc) is 3.47. The smallest absolute Gasteiger partial charge is 0.227 e. The van der Waals surface area contributed by atoms with Crippen molar-refractivity contribution in [1.82, 2.24) is 14.7 Å². The molecule has 0 amide bonds. The van der Waals surface area contributed by atoms with E-state index in [9.17, 15) is 5.11 Å². The molecule has 0 saturated carbocycles. The minimum atomic E-state index is -0.665. The first-order valence-corrected chi connectivity index (χ1v) is 12.2. The van der Waals surface area contributed by atoms with Gasteiger partial charge in [0.2, 0.25) is 5.88 Å².